The lowest BCUT2D eigenvalue weighted by Gasteiger charge is -2.19. The van der Waals surface area contributed by atoms with Crippen LogP contribution in [-0.2, 0) is 11.3 Å². The van der Waals surface area contributed by atoms with Gasteiger partial charge in [0, 0.05) is 18.7 Å². The second-order valence-corrected chi connectivity index (χ2v) is 9.07. The summed E-state index contributed by atoms with van der Waals surface area (Å²) in [6.45, 7) is 5.60. The largest absolute Gasteiger partial charge is 0.481 e. The van der Waals surface area contributed by atoms with Gasteiger partial charge in [-0.2, -0.15) is 0 Å². The number of amides is 1. The number of carboxylic acids is 1. The van der Waals surface area contributed by atoms with Gasteiger partial charge in [-0.05, 0) is 61.2 Å². The highest BCUT2D eigenvalue weighted by Crippen LogP contribution is 2.35. The molecule has 2 heterocycles. The lowest BCUT2D eigenvalue weighted by atomic mass is 10.0. The summed E-state index contributed by atoms with van der Waals surface area (Å²) >= 11 is 0. The minimum Gasteiger partial charge on any atom is -0.481 e. The number of imidazole rings is 1. The molecule has 0 saturated carbocycles. The maximum Gasteiger partial charge on any atom is 0.305 e. The van der Waals surface area contributed by atoms with E-state index in [1.807, 2.05) is 62.4 Å². The van der Waals surface area contributed by atoms with E-state index in [1.54, 1.807) is 12.1 Å². The first kappa shape index (κ1) is 23.4. The Morgan fingerprint density at radius 3 is 2.58 bits per heavy atom. The molecule has 3 N–H and O–H groups in total. The van der Waals surface area contributed by atoms with Crippen LogP contribution in [0.2, 0.25) is 0 Å². The number of aromatic nitrogens is 2. The zero-order valence-corrected chi connectivity index (χ0v) is 20.2. The molecule has 1 atom stereocenters. The lowest BCUT2D eigenvalue weighted by Crippen LogP contribution is -2.30. The van der Waals surface area contributed by atoms with Crippen molar-refractivity contribution < 1.29 is 19.4 Å². The second-order valence-electron chi connectivity index (χ2n) is 9.07. The fourth-order valence-corrected chi connectivity index (χ4v) is 4.71. The first-order valence-corrected chi connectivity index (χ1v) is 12.0. The first-order valence-electron chi connectivity index (χ1n) is 12.0. The Morgan fingerprint density at radius 1 is 1.11 bits per heavy atom. The number of benzene rings is 3. The molecule has 1 aliphatic rings. The Balaban J connectivity index is 1.41. The van der Waals surface area contributed by atoms with Gasteiger partial charge in [0.1, 0.15) is 11.3 Å². The summed E-state index contributed by atoms with van der Waals surface area (Å²) in [5, 5.41) is 15.6. The molecule has 8 nitrogen and oxygen atoms in total. The van der Waals surface area contributed by atoms with Crippen LogP contribution in [0, 0.1) is 13.8 Å². The van der Waals surface area contributed by atoms with Gasteiger partial charge in [-0.25, -0.2) is 4.98 Å². The first-order chi connectivity index (χ1) is 17.4. The minimum absolute atomic E-state index is 0.206. The van der Waals surface area contributed by atoms with Crippen LogP contribution < -0.4 is 15.4 Å². The number of carbonyl (C=O) groups is 2. The van der Waals surface area contributed by atoms with Gasteiger partial charge >= 0.3 is 5.97 Å². The number of carbonyl (C=O) groups excluding carboxylic acids is 1. The van der Waals surface area contributed by atoms with Crippen molar-refractivity contribution in [3.63, 3.8) is 0 Å². The maximum absolute atomic E-state index is 13.1. The van der Waals surface area contributed by atoms with Crippen LogP contribution in [0.15, 0.2) is 60.7 Å². The predicted molar refractivity (Wildman–Crippen MR) is 138 cm³/mol. The number of para-hydroxylation sites is 1. The number of aliphatic carboxylic acids is 1. The number of hydrogen-bond acceptors (Lipinski definition) is 5. The van der Waals surface area contributed by atoms with Gasteiger partial charge in [0.25, 0.3) is 5.91 Å². The van der Waals surface area contributed by atoms with E-state index in [0.29, 0.717) is 17.1 Å². The summed E-state index contributed by atoms with van der Waals surface area (Å²) in [7, 11) is 0. The van der Waals surface area contributed by atoms with E-state index in [4.69, 9.17) is 9.72 Å². The minimum atomic E-state index is -0.981. The topological polar surface area (TPSA) is 105 Å². The van der Waals surface area contributed by atoms with E-state index in [1.165, 1.54) is 0 Å². The molecule has 0 radical (unpaired) electrons. The Morgan fingerprint density at radius 2 is 1.86 bits per heavy atom. The average Bonchev–Trinajstić information content (AvgIpc) is 3.25. The molecule has 36 heavy (non-hydrogen) atoms. The standard InChI is InChI=1S/C28H28N4O4/c1-17-14-20(27(35)30-21(16-24(33)34)19-8-4-3-5-9-19)15-18(2)26(17)36-23-11-6-10-22-25(23)31-28-29-12-7-13-32(22)28/h3-6,8-11,14-15,21H,7,12-13,16H2,1-2H3,(H,29,31)(H,30,35)(H,33,34)/t21-/m0/s1. The quantitative estimate of drug-likeness (QED) is 0.333. The third kappa shape index (κ3) is 4.62. The molecule has 3 aromatic carbocycles. The summed E-state index contributed by atoms with van der Waals surface area (Å²) in [6.07, 6.45) is 0.839. The van der Waals surface area contributed by atoms with Crippen molar-refractivity contribution in [2.45, 2.75) is 39.3 Å². The van der Waals surface area contributed by atoms with Gasteiger partial charge in [0.05, 0.1) is 18.0 Å². The Hall–Kier alpha value is -4.33. The number of anilines is 1. The summed E-state index contributed by atoms with van der Waals surface area (Å²) in [5.41, 5.74) is 4.60. The number of carboxylic acid groups (broad SMARTS) is 1. The van der Waals surface area contributed by atoms with Gasteiger partial charge in [-0.3, -0.25) is 9.59 Å². The Labute approximate surface area is 208 Å². The molecule has 184 valence electrons. The van der Waals surface area contributed by atoms with Crippen molar-refractivity contribution in [2.75, 3.05) is 11.9 Å². The van der Waals surface area contributed by atoms with E-state index < -0.39 is 12.0 Å². The second kappa shape index (κ2) is 9.73. The molecule has 0 unspecified atom stereocenters. The fourth-order valence-electron chi connectivity index (χ4n) is 4.71. The molecule has 0 saturated heterocycles. The van der Waals surface area contributed by atoms with E-state index in [9.17, 15) is 14.7 Å². The van der Waals surface area contributed by atoms with E-state index in [2.05, 4.69) is 15.2 Å². The number of aryl methyl sites for hydroxylation is 3. The molecule has 4 aromatic rings. The predicted octanol–water partition coefficient (Wildman–Crippen LogP) is 5.21. The van der Waals surface area contributed by atoms with Crippen LogP contribution in [0.3, 0.4) is 0 Å². The number of hydrogen-bond donors (Lipinski definition) is 3. The Kier molecular flexibility index (Phi) is 6.33. The summed E-state index contributed by atoms with van der Waals surface area (Å²) < 4.78 is 8.52. The van der Waals surface area contributed by atoms with Crippen LogP contribution in [-0.4, -0.2) is 33.1 Å². The van der Waals surface area contributed by atoms with Crippen molar-refractivity contribution in [1.82, 2.24) is 14.9 Å². The molecule has 0 spiro atoms. The fraction of sp³-hybridized carbons (Fsp3) is 0.250. The van der Waals surface area contributed by atoms with Crippen molar-refractivity contribution in [3.05, 3.63) is 82.9 Å². The number of fused-ring (bicyclic) bond motifs is 3. The van der Waals surface area contributed by atoms with Crippen LogP contribution in [0.1, 0.15) is 45.9 Å². The summed E-state index contributed by atoms with van der Waals surface area (Å²) in [6, 6.07) is 17.9. The van der Waals surface area contributed by atoms with E-state index >= 15 is 0 Å². The zero-order chi connectivity index (χ0) is 25.2. The third-order valence-corrected chi connectivity index (χ3v) is 6.40. The highest BCUT2D eigenvalue weighted by atomic mass is 16.5. The molecule has 1 aromatic heterocycles. The van der Waals surface area contributed by atoms with Gasteiger partial charge in [0.15, 0.2) is 5.75 Å². The molecule has 8 heteroatoms. The van der Waals surface area contributed by atoms with Gasteiger partial charge < -0.3 is 25.0 Å². The van der Waals surface area contributed by atoms with Crippen molar-refractivity contribution in [3.8, 4) is 11.5 Å². The van der Waals surface area contributed by atoms with E-state index in [0.717, 1.165) is 53.2 Å². The zero-order valence-electron chi connectivity index (χ0n) is 20.2. The molecular weight excluding hydrogens is 456 g/mol. The number of rotatable bonds is 7. The summed E-state index contributed by atoms with van der Waals surface area (Å²) in [4.78, 5) is 29.3. The average molecular weight is 485 g/mol. The Bertz CT molecular complexity index is 1420. The molecule has 0 aliphatic carbocycles. The highest BCUT2D eigenvalue weighted by molar-refractivity contribution is 5.95. The normalized spacial score (nSPS) is 13.5. The van der Waals surface area contributed by atoms with Crippen LogP contribution >= 0.6 is 0 Å². The van der Waals surface area contributed by atoms with Crippen molar-refractivity contribution >= 4 is 28.9 Å². The molecule has 5 rings (SSSR count). The monoisotopic (exact) mass is 484 g/mol. The molecule has 0 fully saturated rings. The van der Waals surface area contributed by atoms with Crippen LogP contribution in [0.5, 0.6) is 11.5 Å². The van der Waals surface area contributed by atoms with Gasteiger partial charge in [0.2, 0.25) is 5.95 Å². The van der Waals surface area contributed by atoms with E-state index in [-0.39, 0.29) is 12.3 Å². The van der Waals surface area contributed by atoms with Crippen molar-refractivity contribution in [1.29, 1.82) is 0 Å². The van der Waals surface area contributed by atoms with Gasteiger partial charge in [-0.15, -0.1) is 0 Å². The molecule has 1 aliphatic heterocycles. The highest BCUT2D eigenvalue weighted by Gasteiger charge is 2.21. The number of ether oxygens (including phenoxy) is 1. The summed E-state index contributed by atoms with van der Waals surface area (Å²) in [5.74, 6) is 0.860. The molecular formula is C28H28N4O4. The third-order valence-electron chi connectivity index (χ3n) is 6.40. The lowest BCUT2D eigenvalue weighted by molar-refractivity contribution is -0.137. The van der Waals surface area contributed by atoms with Crippen LogP contribution in [0.25, 0.3) is 11.0 Å². The van der Waals surface area contributed by atoms with Gasteiger partial charge in [-0.1, -0.05) is 36.4 Å². The number of nitrogens with zero attached hydrogens (tertiary/aromatic N) is 2. The maximum atomic E-state index is 13.1. The SMILES string of the molecule is Cc1cc(C(=O)N[C@@H](CC(=O)O)c2ccccc2)cc(C)c1Oc1cccc2c1nc1n2CCCN1. The van der Waals surface area contributed by atoms with Crippen LogP contribution in [0.4, 0.5) is 5.95 Å². The smallest absolute Gasteiger partial charge is 0.305 e. The number of nitrogens with one attached hydrogen (secondary N) is 2. The molecule has 1 amide bonds. The molecule has 0 bridgehead atoms. The van der Waals surface area contributed by atoms with Crippen molar-refractivity contribution in [2.24, 2.45) is 0 Å².